The molecule has 1 saturated heterocycles. The topological polar surface area (TPSA) is 137 Å². The molecule has 1 aromatic heterocycles. The lowest BCUT2D eigenvalue weighted by molar-refractivity contribution is 0.0578. The van der Waals surface area contributed by atoms with Gasteiger partial charge in [0.25, 0.3) is 0 Å². The maximum absolute atomic E-state index is 14.3. The third-order valence-corrected chi connectivity index (χ3v) is 7.92. The van der Waals surface area contributed by atoms with E-state index in [2.05, 4.69) is 20.1 Å². The van der Waals surface area contributed by atoms with Crippen LogP contribution in [-0.4, -0.2) is 89.4 Å². The van der Waals surface area contributed by atoms with Crippen molar-refractivity contribution < 1.29 is 23.8 Å². The zero-order valence-corrected chi connectivity index (χ0v) is 25.5. The van der Waals surface area contributed by atoms with Crippen LogP contribution in [0, 0.1) is 11.7 Å². The number of aliphatic hydroxyl groups is 1. The molecule has 0 radical (unpaired) electrons. The SMILES string of the molecule is CC(C)(C)OC(=O)N1CCN(Cc2c(Cl)ccc(F)c2Cl)c2cc(C(=O)CN=C(N)C3CCN(CCO)CC3)nnc21. The first kappa shape index (κ1) is 31.9. The molecule has 0 atom stereocenters. The molecule has 1 aromatic carbocycles. The van der Waals surface area contributed by atoms with E-state index in [1.54, 1.807) is 20.8 Å². The van der Waals surface area contributed by atoms with Crippen LogP contribution < -0.4 is 15.5 Å². The molecule has 1 fully saturated rings. The number of amides is 1. The van der Waals surface area contributed by atoms with E-state index in [4.69, 9.17) is 38.8 Å². The fourth-order valence-corrected chi connectivity index (χ4v) is 5.40. The fourth-order valence-electron chi connectivity index (χ4n) is 4.91. The van der Waals surface area contributed by atoms with Crippen LogP contribution in [0.15, 0.2) is 23.2 Å². The van der Waals surface area contributed by atoms with Crippen molar-refractivity contribution in [1.82, 2.24) is 15.1 Å². The summed E-state index contributed by atoms with van der Waals surface area (Å²) in [5, 5.41) is 17.7. The highest BCUT2D eigenvalue weighted by Gasteiger charge is 2.33. The third-order valence-electron chi connectivity index (χ3n) is 7.16. The first-order valence-electron chi connectivity index (χ1n) is 13.8. The predicted octanol–water partition coefficient (Wildman–Crippen LogP) is 3.93. The number of Topliss-reactive ketones (excluding diaryl/α,β-unsaturated/α-hetero) is 1. The Balaban J connectivity index is 1.58. The zero-order chi connectivity index (χ0) is 30.6. The lowest BCUT2D eigenvalue weighted by Crippen LogP contribution is -2.46. The number of piperidine rings is 1. The number of fused-ring (bicyclic) bond motifs is 1. The first-order valence-corrected chi connectivity index (χ1v) is 14.5. The highest BCUT2D eigenvalue weighted by atomic mass is 35.5. The Kier molecular flexibility index (Phi) is 10.2. The van der Waals surface area contributed by atoms with Gasteiger partial charge in [-0.2, -0.15) is 0 Å². The molecule has 0 bridgehead atoms. The molecule has 1 amide bonds. The number of benzene rings is 1. The summed E-state index contributed by atoms with van der Waals surface area (Å²) in [7, 11) is 0. The number of carbonyl (C=O) groups excluding carboxylic acids is 2. The van der Waals surface area contributed by atoms with Gasteiger partial charge in [-0.1, -0.05) is 23.2 Å². The highest BCUT2D eigenvalue weighted by molar-refractivity contribution is 6.36. The molecule has 3 N–H and O–H groups in total. The highest BCUT2D eigenvalue weighted by Crippen LogP contribution is 2.36. The number of nitrogens with two attached hydrogens (primary N) is 1. The molecular formula is C28H36Cl2FN7O4. The minimum atomic E-state index is -0.742. The standard InChI is InChI=1S/C28H36Cl2FN7O4/c1-28(2,3)42-27(41)38-11-10-37(16-18-19(29)4-5-20(31)24(18)30)22-14-21(34-35-26(22)38)23(40)15-33-25(32)17-6-8-36(9-7-17)12-13-39/h4-5,14,17,39H,6-13,15-16H2,1-3H3,(H2,32,33). The van der Waals surface area contributed by atoms with E-state index >= 15 is 0 Å². The average Bonchev–Trinajstić information content (AvgIpc) is 2.95. The Morgan fingerprint density at radius 2 is 1.88 bits per heavy atom. The second-order valence-corrected chi connectivity index (χ2v) is 12.1. The van der Waals surface area contributed by atoms with Gasteiger partial charge in [0.15, 0.2) is 5.82 Å². The number of amidine groups is 1. The number of anilines is 2. The number of rotatable bonds is 8. The van der Waals surface area contributed by atoms with Gasteiger partial charge in [-0.15, -0.1) is 10.2 Å². The van der Waals surface area contributed by atoms with E-state index in [1.165, 1.54) is 23.1 Å². The van der Waals surface area contributed by atoms with Gasteiger partial charge in [-0.05, 0) is 64.9 Å². The van der Waals surface area contributed by atoms with E-state index in [0.717, 1.165) is 25.9 Å². The second-order valence-electron chi connectivity index (χ2n) is 11.3. The van der Waals surface area contributed by atoms with Crippen LogP contribution in [-0.2, 0) is 11.3 Å². The zero-order valence-electron chi connectivity index (χ0n) is 23.9. The van der Waals surface area contributed by atoms with E-state index < -0.39 is 23.3 Å². The molecule has 0 saturated carbocycles. The minimum absolute atomic E-state index is 0.0375. The summed E-state index contributed by atoms with van der Waals surface area (Å²) >= 11 is 12.6. The summed E-state index contributed by atoms with van der Waals surface area (Å²) in [4.78, 5) is 35.8. The van der Waals surface area contributed by atoms with Gasteiger partial charge in [0.05, 0.1) is 23.2 Å². The normalized spacial score (nSPS) is 16.9. The number of likely N-dealkylation sites (tertiary alicyclic amines) is 1. The van der Waals surface area contributed by atoms with Gasteiger partial charge < -0.3 is 25.4 Å². The van der Waals surface area contributed by atoms with E-state index in [-0.39, 0.29) is 53.7 Å². The van der Waals surface area contributed by atoms with Gasteiger partial charge in [-0.3, -0.25) is 14.7 Å². The van der Waals surface area contributed by atoms with Crippen LogP contribution in [0.3, 0.4) is 0 Å². The maximum Gasteiger partial charge on any atom is 0.416 e. The smallest absolute Gasteiger partial charge is 0.416 e. The van der Waals surface area contributed by atoms with Crippen LogP contribution >= 0.6 is 23.2 Å². The summed E-state index contributed by atoms with van der Waals surface area (Å²) in [6, 6.07) is 4.14. The van der Waals surface area contributed by atoms with Crippen molar-refractivity contribution >= 4 is 52.4 Å². The number of ketones is 1. The van der Waals surface area contributed by atoms with Gasteiger partial charge in [0.1, 0.15) is 23.7 Å². The molecule has 42 heavy (non-hydrogen) atoms. The fraction of sp³-hybridized carbons (Fsp3) is 0.536. The minimum Gasteiger partial charge on any atom is -0.443 e. The van der Waals surface area contributed by atoms with Crippen molar-refractivity contribution in [2.75, 3.05) is 55.7 Å². The van der Waals surface area contributed by atoms with Crippen molar-refractivity contribution in [3.05, 3.63) is 45.3 Å². The molecule has 4 rings (SSSR count). The molecule has 14 heteroatoms. The summed E-state index contributed by atoms with van der Waals surface area (Å²) < 4.78 is 19.8. The molecule has 228 valence electrons. The first-order chi connectivity index (χ1) is 19.9. The van der Waals surface area contributed by atoms with E-state index in [1.807, 2.05) is 4.90 Å². The van der Waals surface area contributed by atoms with Gasteiger partial charge in [-0.25, -0.2) is 9.18 Å². The molecule has 0 spiro atoms. The number of nitrogens with zero attached hydrogens (tertiary/aromatic N) is 6. The number of aromatic nitrogens is 2. The number of halogens is 3. The molecule has 2 aromatic rings. The summed E-state index contributed by atoms with van der Waals surface area (Å²) in [5.41, 5.74) is 6.30. The molecular weight excluding hydrogens is 588 g/mol. The average molecular weight is 625 g/mol. The molecule has 3 heterocycles. The van der Waals surface area contributed by atoms with Crippen molar-refractivity contribution in [3.63, 3.8) is 0 Å². The van der Waals surface area contributed by atoms with Crippen LogP contribution in [0.1, 0.15) is 49.7 Å². The van der Waals surface area contributed by atoms with Crippen LogP contribution in [0.25, 0.3) is 0 Å². The number of β-amino-alcohol motifs (C(OH)–C–C–N with tert-alkyl or cyclic N) is 1. The van der Waals surface area contributed by atoms with E-state index in [0.29, 0.717) is 30.2 Å². The maximum atomic E-state index is 14.3. The molecule has 2 aliphatic heterocycles. The predicted molar refractivity (Wildman–Crippen MR) is 160 cm³/mol. The Morgan fingerprint density at radius 3 is 2.55 bits per heavy atom. The van der Waals surface area contributed by atoms with Gasteiger partial charge >= 0.3 is 6.09 Å². The summed E-state index contributed by atoms with van der Waals surface area (Å²) in [6.45, 7) is 8.00. The second kappa shape index (κ2) is 13.5. The molecule has 0 unspecified atom stereocenters. The van der Waals surface area contributed by atoms with Crippen LogP contribution in [0.2, 0.25) is 10.0 Å². The molecule has 2 aliphatic rings. The summed E-state index contributed by atoms with van der Waals surface area (Å²) in [6.07, 6.45) is 0.979. The number of ether oxygens (including phenoxy) is 1. The number of aliphatic hydroxyl groups excluding tert-OH is 1. The van der Waals surface area contributed by atoms with Crippen LogP contribution in [0.4, 0.5) is 20.7 Å². The number of carbonyl (C=O) groups is 2. The van der Waals surface area contributed by atoms with Crippen molar-refractivity contribution in [2.45, 2.75) is 45.8 Å². The van der Waals surface area contributed by atoms with Gasteiger partial charge in [0.2, 0.25) is 5.78 Å². The van der Waals surface area contributed by atoms with Crippen molar-refractivity contribution in [2.24, 2.45) is 16.6 Å². The molecule has 11 nitrogen and oxygen atoms in total. The Labute approximate surface area is 254 Å². The van der Waals surface area contributed by atoms with Gasteiger partial charge in [0, 0.05) is 42.7 Å². The van der Waals surface area contributed by atoms with Crippen molar-refractivity contribution in [3.8, 4) is 0 Å². The Hall–Kier alpha value is -3.06. The largest absolute Gasteiger partial charge is 0.443 e. The Bertz CT molecular complexity index is 1350. The third kappa shape index (κ3) is 7.66. The number of aliphatic imine (C=N–C) groups is 1. The number of hydrogen-bond donors (Lipinski definition) is 2. The Morgan fingerprint density at radius 1 is 1.17 bits per heavy atom. The van der Waals surface area contributed by atoms with Crippen molar-refractivity contribution in [1.29, 1.82) is 0 Å². The summed E-state index contributed by atoms with van der Waals surface area (Å²) in [5.74, 6) is -0.357. The number of hydrogen-bond acceptors (Lipinski definition) is 9. The monoisotopic (exact) mass is 623 g/mol. The quantitative estimate of drug-likeness (QED) is 0.194. The molecule has 0 aliphatic carbocycles. The lowest BCUT2D eigenvalue weighted by atomic mass is 9.96. The lowest BCUT2D eigenvalue weighted by Gasteiger charge is -2.37. The van der Waals surface area contributed by atoms with Crippen LogP contribution in [0.5, 0.6) is 0 Å². The van der Waals surface area contributed by atoms with E-state index in [9.17, 15) is 14.0 Å².